The van der Waals surface area contributed by atoms with Crippen LogP contribution in [0.25, 0.3) is 0 Å². The summed E-state index contributed by atoms with van der Waals surface area (Å²) in [4.78, 5) is 0. The normalized spacial score (nSPS) is 58.1. The van der Waals surface area contributed by atoms with Crippen LogP contribution in [-0.2, 0) is 0 Å². The summed E-state index contributed by atoms with van der Waals surface area (Å²) in [5, 5.41) is 0. The molecule has 0 aromatic carbocycles. The van der Waals surface area contributed by atoms with Crippen LogP contribution in [0.4, 0.5) is 0 Å². The highest BCUT2D eigenvalue weighted by Gasteiger charge is 2.69. The topological polar surface area (TPSA) is 0 Å². The fraction of sp³-hybridized carbons (Fsp3) is 0.818. The van der Waals surface area contributed by atoms with Crippen LogP contribution in [0.3, 0.4) is 0 Å². The highest BCUT2D eigenvalue weighted by atomic mass is 32.4. The average molecular weight is 341 g/mol. The maximum absolute atomic E-state index is 4.03. The van der Waals surface area contributed by atoms with Gasteiger partial charge in [0, 0.05) is 5.92 Å². The van der Waals surface area contributed by atoms with Crippen molar-refractivity contribution in [2.24, 2.45) is 5.92 Å². The van der Waals surface area contributed by atoms with Gasteiger partial charge in [0.2, 0.25) is 0 Å². The lowest BCUT2D eigenvalue weighted by Gasteiger charge is -2.66. The summed E-state index contributed by atoms with van der Waals surface area (Å²) in [5.74, 6) is 0.545. The second-order valence-electron chi connectivity index (χ2n) is 4.83. The zero-order chi connectivity index (χ0) is 12.5. The van der Waals surface area contributed by atoms with E-state index in [1.54, 1.807) is 0 Å². The van der Waals surface area contributed by atoms with E-state index in [1.807, 2.05) is 0 Å². The summed E-state index contributed by atoms with van der Waals surface area (Å²) in [5.41, 5.74) is 0. The van der Waals surface area contributed by atoms with E-state index >= 15 is 0 Å². The summed E-state index contributed by atoms with van der Waals surface area (Å²) in [6, 6.07) is 0. The van der Waals surface area contributed by atoms with Crippen LogP contribution in [0.1, 0.15) is 27.7 Å². The molecule has 0 radical (unpaired) electrons. The van der Waals surface area contributed by atoms with Crippen LogP contribution in [0.2, 0.25) is 0 Å². The lowest BCUT2D eigenvalue weighted by Crippen LogP contribution is -2.52. The van der Waals surface area contributed by atoms with Gasteiger partial charge < -0.3 is 0 Å². The van der Waals surface area contributed by atoms with E-state index in [1.165, 1.54) is 0 Å². The van der Waals surface area contributed by atoms with Gasteiger partial charge in [-0.2, -0.15) is 0 Å². The van der Waals surface area contributed by atoms with Crippen molar-refractivity contribution >= 4 is 70.6 Å². The van der Waals surface area contributed by atoms with Crippen molar-refractivity contribution in [3.63, 3.8) is 0 Å². The molecule has 0 nitrogen and oxygen atoms in total. The van der Waals surface area contributed by atoms with Crippen molar-refractivity contribution < 1.29 is 0 Å². The Kier molecular flexibility index (Phi) is 3.20. The largest absolute Gasteiger partial charge is 0.119 e. The van der Waals surface area contributed by atoms with E-state index in [9.17, 15) is 0 Å². The first-order valence-electron chi connectivity index (χ1n) is 5.56. The molecule has 4 aliphatic heterocycles. The molecule has 4 fully saturated rings. The maximum atomic E-state index is 4.03. The highest BCUT2D eigenvalue weighted by molar-refractivity contribution is 8.64. The molecular weight excluding hydrogens is 325 g/mol. The van der Waals surface area contributed by atoms with E-state index in [0.717, 1.165) is 0 Å². The average Bonchev–Trinajstić information content (AvgIpc) is 2.08. The Morgan fingerprint density at radius 1 is 0.824 bits per heavy atom. The van der Waals surface area contributed by atoms with Gasteiger partial charge >= 0.3 is 0 Å². The molecule has 4 heterocycles. The Hall–Kier alpha value is 1.84. The first kappa shape index (κ1) is 13.8. The zero-order valence-electron chi connectivity index (χ0n) is 10.3. The van der Waals surface area contributed by atoms with Gasteiger partial charge in [0.25, 0.3) is 0 Å². The first-order chi connectivity index (χ1) is 7.72. The lowest BCUT2D eigenvalue weighted by molar-refractivity contribution is 0.767. The fourth-order valence-electron chi connectivity index (χ4n) is 2.46. The Labute approximate surface area is 129 Å². The quantitative estimate of drug-likeness (QED) is 0.568. The number of allylic oxidation sites excluding steroid dienone is 1. The minimum atomic E-state index is 0.266. The van der Waals surface area contributed by atoms with Crippen molar-refractivity contribution in [1.29, 1.82) is 0 Å². The van der Waals surface area contributed by atoms with Gasteiger partial charge in [0.15, 0.2) is 0 Å². The van der Waals surface area contributed by atoms with Crippen molar-refractivity contribution in [1.82, 2.24) is 0 Å². The van der Waals surface area contributed by atoms with Crippen molar-refractivity contribution in [3.8, 4) is 0 Å². The molecule has 4 saturated heterocycles. The molecule has 1 unspecified atom stereocenters. The summed E-state index contributed by atoms with van der Waals surface area (Å²) in [6.45, 7) is 13.6. The monoisotopic (exact) mass is 340 g/mol. The van der Waals surface area contributed by atoms with Crippen molar-refractivity contribution in [2.75, 3.05) is 0 Å². The van der Waals surface area contributed by atoms with Crippen LogP contribution in [-0.4, -0.2) is 13.6 Å². The molecular formula is C11H16S6. The van der Waals surface area contributed by atoms with Crippen LogP contribution in [0.5, 0.6) is 0 Å². The van der Waals surface area contributed by atoms with Crippen LogP contribution in [0, 0.1) is 5.92 Å². The zero-order valence-corrected chi connectivity index (χ0v) is 15.2. The van der Waals surface area contributed by atoms with Gasteiger partial charge in [-0.15, -0.1) is 77.2 Å². The van der Waals surface area contributed by atoms with E-state index in [0.29, 0.717) is 16.2 Å². The van der Waals surface area contributed by atoms with E-state index in [4.69, 9.17) is 0 Å². The van der Waals surface area contributed by atoms with Crippen molar-refractivity contribution in [3.05, 3.63) is 12.7 Å². The number of rotatable bonds is 2. The second kappa shape index (κ2) is 3.94. The molecule has 4 bridgehead atoms. The Morgan fingerprint density at radius 2 is 1.18 bits per heavy atom. The molecule has 0 aliphatic carbocycles. The molecule has 0 N–H and O–H groups in total. The number of hydrogen-bond donors (Lipinski definition) is 0. The Bertz CT molecular complexity index is 327. The van der Waals surface area contributed by atoms with Gasteiger partial charge in [-0.3, -0.25) is 0 Å². The standard InChI is InChI=1S/C11H16S6/c1-6-7(2)11-15-8(3)12-9(4,16-11)14-10(5,13-8)17-11/h6-7H,1H2,2-5H3. The Morgan fingerprint density at radius 3 is 1.47 bits per heavy atom. The third-order valence-electron chi connectivity index (χ3n) is 3.01. The van der Waals surface area contributed by atoms with Crippen LogP contribution in [0.15, 0.2) is 12.7 Å². The minimum Gasteiger partial charge on any atom is -0.105 e. The van der Waals surface area contributed by atoms with E-state index in [2.05, 4.69) is 111 Å². The lowest BCUT2D eigenvalue weighted by atomic mass is 10.2. The predicted molar refractivity (Wildman–Crippen MR) is 92.9 cm³/mol. The smallest absolute Gasteiger partial charge is 0.105 e. The van der Waals surface area contributed by atoms with Gasteiger partial charge in [-0.05, 0) is 20.8 Å². The van der Waals surface area contributed by atoms with Gasteiger partial charge in [-0.1, -0.05) is 13.0 Å². The molecule has 0 spiro atoms. The molecule has 17 heavy (non-hydrogen) atoms. The van der Waals surface area contributed by atoms with Crippen LogP contribution < -0.4 is 0 Å². The summed E-state index contributed by atoms with van der Waals surface area (Å²) in [7, 11) is 0. The summed E-state index contributed by atoms with van der Waals surface area (Å²) < 4.78 is 1.19. The summed E-state index contributed by atoms with van der Waals surface area (Å²) >= 11 is 12.9. The van der Waals surface area contributed by atoms with E-state index in [-0.39, 0.29) is 3.41 Å². The molecule has 0 aromatic heterocycles. The Balaban J connectivity index is 2.07. The minimum absolute atomic E-state index is 0.266. The molecule has 4 rings (SSSR count). The fourth-order valence-corrected chi connectivity index (χ4v) is 24.0. The third-order valence-corrected chi connectivity index (χ3v) is 14.3. The molecule has 96 valence electrons. The predicted octanol–water partition coefficient (Wildman–Crippen LogP) is 5.92. The molecule has 1 atom stereocenters. The number of hydrogen-bond acceptors (Lipinski definition) is 6. The highest BCUT2D eigenvalue weighted by Crippen LogP contribution is 2.89. The molecule has 0 amide bonds. The molecule has 6 heteroatoms. The second-order valence-corrected chi connectivity index (χ2v) is 18.4. The SMILES string of the molecule is C=CC(C)C12SC3(C)SC(C)(SC(C)(S3)S1)S2. The van der Waals surface area contributed by atoms with E-state index < -0.39 is 0 Å². The third kappa shape index (κ3) is 2.13. The van der Waals surface area contributed by atoms with Crippen molar-refractivity contribution in [2.45, 2.75) is 41.3 Å². The van der Waals surface area contributed by atoms with Gasteiger partial charge in [-0.25, -0.2) is 0 Å². The number of thioether (sulfide) groups is 6. The van der Waals surface area contributed by atoms with Gasteiger partial charge in [0.05, 0.1) is 0 Å². The van der Waals surface area contributed by atoms with Crippen LogP contribution >= 0.6 is 70.6 Å². The molecule has 4 aliphatic rings. The summed E-state index contributed by atoms with van der Waals surface area (Å²) in [6.07, 6.45) is 2.14. The first-order valence-corrected chi connectivity index (χ1v) is 10.5. The maximum Gasteiger partial charge on any atom is 0.119 e. The molecule has 0 aromatic rings. The van der Waals surface area contributed by atoms with Gasteiger partial charge in [0.1, 0.15) is 13.6 Å². The molecule has 0 saturated carbocycles.